The van der Waals surface area contributed by atoms with Gasteiger partial charge in [-0.05, 0) is 77.1 Å². The summed E-state index contributed by atoms with van der Waals surface area (Å²) in [7, 11) is -3.97. The number of amides is 1. The fraction of sp³-hybridized carbons (Fsp3) is 0.222. The molecule has 0 spiro atoms. The Morgan fingerprint density at radius 3 is 2.23 bits per heavy atom. The molecule has 0 unspecified atom stereocenters. The van der Waals surface area contributed by atoms with Crippen LogP contribution < -0.4 is 10.0 Å². The molecule has 4 atom stereocenters. The first-order valence-electron chi connectivity index (χ1n) is 18.7. The Labute approximate surface area is 337 Å². The second-order valence-corrected chi connectivity index (χ2v) is 16.6. The van der Waals surface area contributed by atoms with E-state index in [1.54, 1.807) is 30.6 Å². The molecule has 10 nitrogen and oxygen atoms in total. The summed E-state index contributed by atoms with van der Waals surface area (Å²) >= 11 is 1.54. The molecule has 57 heavy (non-hydrogen) atoms. The molecule has 0 radical (unpaired) electrons. The van der Waals surface area contributed by atoms with E-state index in [4.69, 9.17) is 9.47 Å². The third kappa shape index (κ3) is 10.8. The predicted octanol–water partition coefficient (Wildman–Crippen LogP) is 7.49. The quantitative estimate of drug-likeness (QED) is 0.0713. The second-order valence-electron chi connectivity index (χ2n) is 13.9. The monoisotopic (exact) mass is 800 g/mol. The van der Waals surface area contributed by atoms with Gasteiger partial charge in [-0.25, -0.2) is 18.4 Å². The predicted molar refractivity (Wildman–Crippen MR) is 220 cm³/mol. The van der Waals surface area contributed by atoms with Gasteiger partial charge < -0.3 is 19.9 Å². The number of nitrogens with zero attached hydrogens (tertiary/aromatic N) is 2. The van der Waals surface area contributed by atoms with Crippen LogP contribution in [0.1, 0.15) is 52.2 Å². The van der Waals surface area contributed by atoms with Crippen molar-refractivity contribution in [3.05, 3.63) is 179 Å². The minimum absolute atomic E-state index is 0.0287. The van der Waals surface area contributed by atoms with Gasteiger partial charge in [0.05, 0.1) is 23.7 Å². The summed E-state index contributed by atoms with van der Waals surface area (Å²) in [6.07, 6.45) is 3.25. The molecule has 1 fully saturated rings. The maximum absolute atomic E-state index is 13.7. The molecule has 1 aliphatic rings. The molecule has 1 saturated heterocycles. The lowest BCUT2D eigenvalue weighted by atomic mass is 9.99. The van der Waals surface area contributed by atoms with Crippen molar-refractivity contribution >= 4 is 27.7 Å². The van der Waals surface area contributed by atoms with Crippen molar-refractivity contribution < 1.29 is 27.8 Å². The Bertz CT molecular complexity index is 2350. The molecule has 6 aromatic rings. The highest BCUT2D eigenvalue weighted by atomic mass is 32.2. The van der Waals surface area contributed by atoms with Gasteiger partial charge in [0, 0.05) is 36.7 Å². The Balaban J connectivity index is 1.06. The Morgan fingerprint density at radius 2 is 1.49 bits per heavy atom. The van der Waals surface area contributed by atoms with Crippen LogP contribution >= 0.6 is 11.8 Å². The zero-order valence-electron chi connectivity index (χ0n) is 31.4. The van der Waals surface area contributed by atoms with Gasteiger partial charge in [-0.1, -0.05) is 120 Å². The van der Waals surface area contributed by atoms with Gasteiger partial charge in [0.2, 0.25) is 15.9 Å². The van der Waals surface area contributed by atoms with E-state index < -0.39 is 28.3 Å². The van der Waals surface area contributed by atoms with Crippen LogP contribution in [0.25, 0.3) is 11.1 Å². The minimum atomic E-state index is -3.97. The maximum Gasteiger partial charge on any atom is 0.241 e. The number of sulfonamides is 1. The number of aryl methyl sites for hydroxylation is 1. The van der Waals surface area contributed by atoms with Crippen molar-refractivity contribution in [1.82, 2.24) is 20.0 Å². The SMILES string of the molecule is Cc1ccc(S(=O)(=O)N[C@H](Cc2ccccc2)C(=O)NCc2cccc(-c3cccc([C@H]4O[C@@H](CSc5ncccn5)C[C@@H](c5ccc(CO)cc5)O4)c3)c2)cc1. The Hall–Kier alpha value is -5.21. The second kappa shape index (κ2) is 18.8. The third-order valence-corrected chi connectivity index (χ3v) is 12.2. The van der Waals surface area contributed by atoms with Gasteiger partial charge in [-0.3, -0.25) is 4.79 Å². The smallest absolute Gasteiger partial charge is 0.241 e. The topological polar surface area (TPSA) is 140 Å². The molecule has 0 aliphatic carbocycles. The number of aliphatic hydroxyl groups excluding tert-OH is 1. The van der Waals surface area contributed by atoms with Crippen molar-refractivity contribution in [3.8, 4) is 11.1 Å². The molecule has 7 rings (SSSR count). The zero-order valence-corrected chi connectivity index (χ0v) is 33.0. The number of aromatic nitrogens is 2. The summed E-state index contributed by atoms with van der Waals surface area (Å²) in [6.45, 7) is 2.05. The van der Waals surface area contributed by atoms with E-state index in [1.165, 1.54) is 23.9 Å². The highest BCUT2D eigenvalue weighted by Gasteiger charge is 2.33. The number of rotatable bonds is 15. The number of thioether (sulfide) groups is 1. The first-order valence-corrected chi connectivity index (χ1v) is 21.2. The van der Waals surface area contributed by atoms with Crippen molar-refractivity contribution in [2.24, 2.45) is 0 Å². The van der Waals surface area contributed by atoms with Crippen molar-refractivity contribution in [2.75, 3.05) is 5.75 Å². The van der Waals surface area contributed by atoms with E-state index in [-0.39, 0.29) is 36.7 Å². The molecule has 1 aliphatic heterocycles. The number of carbonyl (C=O) groups excluding carboxylic acids is 1. The first kappa shape index (κ1) is 40.0. The first-order chi connectivity index (χ1) is 27.7. The molecule has 5 aromatic carbocycles. The lowest BCUT2D eigenvalue weighted by molar-refractivity contribution is -0.245. The highest BCUT2D eigenvalue weighted by molar-refractivity contribution is 7.99. The van der Waals surface area contributed by atoms with Gasteiger partial charge >= 0.3 is 0 Å². The van der Waals surface area contributed by atoms with Crippen LogP contribution in [-0.2, 0) is 43.9 Å². The van der Waals surface area contributed by atoms with E-state index in [0.29, 0.717) is 17.3 Å². The largest absolute Gasteiger partial charge is 0.392 e. The summed E-state index contributed by atoms with van der Waals surface area (Å²) in [5.74, 6) is 0.211. The zero-order chi connectivity index (χ0) is 39.6. The van der Waals surface area contributed by atoms with E-state index in [1.807, 2.05) is 104 Å². The van der Waals surface area contributed by atoms with Gasteiger partial charge in [-0.15, -0.1) is 0 Å². The molecular formula is C45H44N4O6S2. The van der Waals surface area contributed by atoms with Crippen LogP contribution in [0.2, 0.25) is 0 Å². The molecule has 2 heterocycles. The highest BCUT2D eigenvalue weighted by Crippen LogP contribution is 2.40. The lowest BCUT2D eigenvalue weighted by Crippen LogP contribution is -2.47. The van der Waals surface area contributed by atoms with Crippen LogP contribution in [-0.4, -0.2) is 47.3 Å². The molecule has 3 N–H and O–H groups in total. The van der Waals surface area contributed by atoms with Crippen molar-refractivity contribution in [2.45, 2.75) is 67.5 Å². The summed E-state index contributed by atoms with van der Waals surface area (Å²) < 4.78 is 42.6. The van der Waals surface area contributed by atoms with Gasteiger partial charge in [0.25, 0.3) is 0 Å². The summed E-state index contributed by atoms with van der Waals surface area (Å²) in [5.41, 5.74) is 7.19. The number of carbonyl (C=O) groups is 1. The average Bonchev–Trinajstić information content (AvgIpc) is 3.25. The Morgan fingerprint density at radius 1 is 0.789 bits per heavy atom. The van der Waals surface area contributed by atoms with Crippen LogP contribution in [0.3, 0.4) is 0 Å². The molecule has 1 amide bonds. The molecule has 0 bridgehead atoms. The number of ether oxygens (including phenoxy) is 2. The van der Waals surface area contributed by atoms with E-state index in [2.05, 4.69) is 26.1 Å². The molecule has 0 saturated carbocycles. The van der Waals surface area contributed by atoms with Crippen LogP contribution in [0.5, 0.6) is 0 Å². The third-order valence-electron chi connectivity index (χ3n) is 9.67. The van der Waals surface area contributed by atoms with Gasteiger partial charge in [-0.2, -0.15) is 4.72 Å². The van der Waals surface area contributed by atoms with Crippen molar-refractivity contribution in [3.63, 3.8) is 0 Å². The number of hydrogen-bond donors (Lipinski definition) is 3. The fourth-order valence-corrected chi connectivity index (χ4v) is 8.61. The fourth-order valence-electron chi connectivity index (χ4n) is 6.60. The van der Waals surface area contributed by atoms with Crippen LogP contribution in [0.4, 0.5) is 0 Å². The van der Waals surface area contributed by atoms with Gasteiger partial charge in [0.15, 0.2) is 11.4 Å². The molecule has 1 aromatic heterocycles. The summed E-state index contributed by atoms with van der Waals surface area (Å²) in [5, 5.41) is 13.2. The van der Waals surface area contributed by atoms with E-state index >= 15 is 0 Å². The Kier molecular flexibility index (Phi) is 13.2. The maximum atomic E-state index is 13.7. The number of benzene rings is 5. The summed E-state index contributed by atoms with van der Waals surface area (Å²) in [4.78, 5) is 22.5. The number of hydrogen-bond acceptors (Lipinski definition) is 9. The molecular weight excluding hydrogens is 757 g/mol. The lowest BCUT2D eigenvalue weighted by Gasteiger charge is -2.36. The normalized spacial score (nSPS) is 17.5. The molecule has 292 valence electrons. The van der Waals surface area contributed by atoms with Crippen LogP contribution in [0.15, 0.2) is 156 Å². The summed E-state index contributed by atoms with van der Waals surface area (Å²) in [6, 6.07) is 40.4. The molecule has 12 heteroatoms. The van der Waals surface area contributed by atoms with Gasteiger partial charge in [0.1, 0.15) is 6.04 Å². The van der Waals surface area contributed by atoms with E-state index in [9.17, 15) is 18.3 Å². The van der Waals surface area contributed by atoms with Crippen LogP contribution in [0, 0.1) is 6.92 Å². The standard InChI is InChI=1S/C45H44N4O6S2/c1-31-14-20-40(21-15-31)57(52,53)49-41(25-32-8-3-2-4-9-32)43(51)48-28-34-10-5-11-36(24-34)37-12-6-13-38(26-37)44-54-39(30-56-45-46-22-7-23-47-45)27-42(55-44)35-18-16-33(29-50)17-19-35/h2-24,26,39,41-42,44,49-50H,25,27-30H2,1H3,(H,48,51)/t39-,41-,42+,44+/m1/s1. The average molecular weight is 801 g/mol. The van der Waals surface area contributed by atoms with Crippen molar-refractivity contribution in [1.29, 1.82) is 0 Å². The minimum Gasteiger partial charge on any atom is -0.392 e. The number of aliphatic hydroxyl groups is 1. The van der Waals surface area contributed by atoms with E-state index in [0.717, 1.165) is 44.5 Å². The number of nitrogens with one attached hydrogen (secondary N) is 2.